The van der Waals surface area contributed by atoms with Gasteiger partial charge in [0.25, 0.3) is 0 Å². The minimum absolute atomic E-state index is 0.134. The second-order valence-electron chi connectivity index (χ2n) is 4.69. The summed E-state index contributed by atoms with van der Waals surface area (Å²) in [7, 11) is 3.89. The van der Waals surface area contributed by atoms with Crippen LogP contribution in [0.4, 0.5) is 0 Å². The van der Waals surface area contributed by atoms with Gasteiger partial charge in [-0.05, 0) is 33.2 Å². The Bertz CT molecular complexity index is 482. The highest BCUT2D eigenvalue weighted by atomic mass is 16.7. The van der Waals surface area contributed by atoms with Crippen molar-refractivity contribution < 1.29 is 14.7 Å². The van der Waals surface area contributed by atoms with Gasteiger partial charge in [-0.15, -0.1) is 0 Å². The lowest BCUT2D eigenvalue weighted by Crippen LogP contribution is -2.18. The van der Waals surface area contributed by atoms with Crippen LogP contribution in [0, 0.1) is 6.92 Å². The van der Waals surface area contributed by atoms with Crippen LogP contribution in [-0.2, 0) is 9.63 Å². The quantitative estimate of drug-likeness (QED) is 0.501. The van der Waals surface area contributed by atoms with Crippen molar-refractivity contribution in [3.8, 4) is 5.75 Å². The van der Waals surface area contributed by atoms with Gasteiger partial charge in [0.05, 0.1) is 5.71 Å². The first-order valence-corrected chi connectivity index (χ1v) is 6.09. The summed E-state index contributed by atoms with van der Waals surface area (Å²) >= 11 is 0. The lowest BCUT2D eigenvalue weighted by molar-refractivity contribution is -0.140. The molecule has 1 rings (SSSR count). The largest absolute Gasteiger partial charge is 0.507 e. The molecule has 0 aromatic heterocycles. The van der Waals surface area contributed by atoms with E-state index in [0.29, 0.717) is 17.7 Å². The summed E-state index contributed by atoms with van der Waals surface area (Å²) in [5.41, 5.74) is 2.17. The van der Waals surface area contributed by atoms with Crippen LogP contribution < -0.4 is 0 Å². The van der Waals surface area contributed by atoms with Crippen molar-refractivity contribution in [1.82, 2.24) is 4.90 Å². The van der Waals surface area contributed by atoms with E-state index in [0.717, 1.165) is 12.1 Å². The van der Waals surface area contributed by atoms with E-state index < -0.39 is 5.97 Å². The van der Waals surface area contributed by atoms with Crippen molar-refractivity contribution in [1.29, 1.82) is 0 Å². The standard InChI is InChI=1S/C14H20N2O3/c1-10-5-6-14(18)12(9-10)13(7-8-16(3)4)15-19-11(2)17/h5-6,9,18H,7-8H2,1-4H3/b15-13+. The van der Waals surface area contributed by atoms with Gasteiger partial charge in [-0.3, -0.25) is 0 Å². The predicted octanol–water partition coefficient (Wildman–Crippen LogP) is 1.92. The molecule has 0 saturated heterocycles. The molecule has 1 N–H and O–H groups in total. The Hall–Kier alpha value is -1.88. The highest BCUT2D eigenvalue weighted by Gasteiger charge is 2.11. The minimum atomic E-state index is -0.477. The van der Waals surface area contributed by atoms with E-state index in [1.807, 2.05) is 38.1 Å². The van der Waals surface area contributed by atoms with Gasteiger partial charge in [-0.2, -0.15) is 0 Å². The highest BCUT2D eigenvalue weighted by molar-refractivity contribution is 6.03. The van der Waals surface area contributed by atoms with Gasteiger partial charge in [0.2, 0.25) is 0 Å². The van der Waals surface area contributed by atoms with Crippen LogP contribution in [0.3, 0.4) is 0 Å². The number of benzene rings is 1. The zero-order chi connectivity index (χ0) is 14.4. The van der Waals surface area contributed by atoms with E-state index in [1.165, 1.54) is 6.92 Å². The molecule has 0 bridgehead atoms. The Balaban J connectivity index is 3.03. The number of aryl methyl sites for hydroxylation is 1. The highest BCUT2D eigenvalue weighted by Crippen LogP contribution is 2.20. The molecular weight excluding hydrogens is 244 g/mol. The number of aromatic hydroxyl groups is 1. The van der Waals surface area contributed by atoms with Crippen molar-refractivity contribution in [2.24, 2.45) is 5.16 Å². The van der Waals surface area contributed by atoms with Crippen LogP contribution >= 0.6 is 0 Å². The summed E-state index contributed by atoms with van der Waals surface area (Å²) in [5, 5.41) is 13.7. The first-order chi connectivity index (χ1) is 8.90. The Kier molecular flexibility index (Phi) is 5.51. The Morgan fingerprint density at radius 1 is 1.42 bits per heavy atom. The molecule has 0 saturated carbocycles. The molecule has 1 aromatic carbocycles. The minimum Gasteiger partial charge on any atom is -0.507 e. The third-order valence-electron chi connectivity index (χ3n) is 2.54. The van der Waals surface area contributed by atoms with Gasteiger partial charge in [0.1, 0.15) is 5.75 Å². The van der Waals surface area contributed by atoms with Crippen LogP contribution in [0.5, 0.6) is 5.75 Å². The molecular formula is C14H20N2O3. The number of carbonyl (C=O) groups excluding carboxylic acids is 1. The smallest absolute Gasteiger partial charge is 0.331 e. The number of hydrogen-bond donors (Lipinski definition) is 1. The summed E-state index contributed by atoms with van der Waals surface area (Å²) in [4.78, 5) is 17.6. The third kappa shape index (κ3) is 5.09. The van der Waals surface area contributed by atoms with Crippen LogP contribution in [0.25, 0.3) is 0 Å². The van der Waals surface area contributed by atoms with E-state index in [4.69, 9.17) is 4.84 Å². The number of nitrogens with zero attached hydrogens (tertiary/aromatic N) is 2. The van der Waals surface area contributed by atoms with Gasteiger partial charge < -0.3 is 14.8 Å². The number of carbonyl (C=O) groups is 1. The molecule has 1 aromatic rings. The van der Waals surface area contributed by atoms with E-state index in [-0.39, 0.29) is 5.75 Å². The fraction of sp³-hybridized carbons (Fsp3) is 0.429. The molecule has 0 aliphatic heterocycles. The van der Waals surface area contributed by atoms with E-state index in [9.17, 15) is 9.90 Å². The molecule has 0 aliphatic carbocycles. The summed E-state index contributed by atoms with van der Waals surface area (Å²) in [6.07, 6.45) is 0.581. The molecule has 0 unspecified atom stereocenters. The van der Waals surface area contributed by atoms with Crippen LogP contribution in [0.1, 0.15) is 24.5 Å². The lowest BCUT2D eigenvalue weighted by Gasteiger charge is -2.12. The second kappa shape index (κ2) is 6.89. The number of hydrogen-bond acceptors (Lipinski definition) is 5. The predicted molar refractivity (Wildman–Crippen MR) is 74.3 cm³/mol. The Morgan fingerprint density at radius 2 is 2.11 bits per heavy atom. The van der Waals surface area contributed by atoms with Crippen molar-refractivity contribution in [2.75, 3.05) is 20.6 Å². The van der Waals surface area contributed by atoms with Crippen LogP contribution in [0.15, 0.2) is 23.4 Å². The summed E-state index contributed by atoms with van der Waals surface area (Å²) in [5.74, 6) is -0.343. The van der Waals surface area contributed by atoms with Crippen molar-refractivity contribution in [3.05, 3.63) is 29.3 Å². The fourth-order valence-corrected chi connectivity index (χ4v) is 1.56. The van der Waals surface area contributed by atoms with E-state index >= 15 is 0 Å². The SMILES string of the molecule is CC(=O)O/N=C(\CCN(C)C)c1cc(C)ccc1O. The molecule has 0 fully saturated rings. The van der Waals surface area contributed by atoms with Crippen LogP contribution in [-0.4, -0.2) is 42.3 Å². The normalized spacial score (nSPS) is 11.7. The third-order valence-corrected chi connectivity index (χ3v) is 2.54. The van der Waals surface area contributed by atoms with Gasteiger partial charge >= 0.3 is 5.97 Å². The maximum Gasteiger partial charge on any atom is 0.331 e. The molecule has 0 spiro atoms. The van der Waals surface area contributed by atoms with E-state index in [2.05, 4.69) is 5.16 Å². The molecule has 0 aliphatic rings. The number of phenolic OH excluding ortho intramolecular Hbond substituents is 1. The molecule has 5 heteroatoms. The average Bonchev–Trinajstić information content (AvgIpc) is 2.32. The van der Waals surface area contributed by atoms with Crippen LogP contribution in [0.2, 0.25) is 0 Å². The molecule has 5 nitrogen and oxygen atoms in total. The van der Waals surface area contributed by atoms with Crippen molar-refractivity contribution >= 4 is 11.7 Å². The van der Waals surface area contributed by atoms with E-state index in [1.54, 1.807) is 6.07 Å². The van der Waals surface area contributed by atoms with Crippen molar-refractivity contribution in [2.45, 2.75) is 20.3 Å². The van der Waals surface area contributed by atoms with Crippen molar-refractivity contribution in [3.63, 3.8) is 0 Å². The summed E-state index contributed by atoms with van der Waals surface area (Å²) in [6, 6.07) is 5.26. The molecule has 104 valence electrons. The maximum atomic E-state index is 10.9. The summed E-state index contributed by atoms with van der Waals surface area (Å²) < 4.78 is 0. The van der Waals surface area contributed by atoms with Gasteiger partial charge in [-0.1, -0.05) is 16.8 Å². The maximum absolute atomic E-state index is 10.9. The average molecular weight is 264 g/mol. The monoisotopic (exact) mass is 264 g/mol. The van der Waals surface area contributed by atoms with Gasteiger partial charge in [0.15, 0.2) is 0 Å². The Labute approximate surface area is 113 Å². The van der Waals surface area contributed by atoms with Gasteiger partial charge in [0, 0.05) is 25.5 Å². The summed E-state index contributed by atoms with van der Waals surface area (Å²) in [6.45, 7) is 3.97. The molecule has 19 heavy (non-hydrogen) atoms. The fourth-order valence-electron chi connectivity index (χ4n) is 1.56. The molecule has 0 radical (unpaired) electrons. The first-order valence-electron chi connectivity index (χ1n) is 6.09. The second-order valence-corrected chi connectivity index (χ2v) is 4.69. The first kappa shape index (κ1) is 15.2. The Morgan fingerprint density at radius 3 is 2.68 bits per heavy atom. The zero-order valence-electron chi connectivity index (χ0n) is 11.8. The molecule has 0 amide bonds. The number of rotatable bonds is 5. The zero-order valence-corrected chi connectivity index (χ0v) is 11.8. The lowest BCUT2D eigenvalue weighted by atomic mass is 10.0. The van der Waals surface area contributed by atoms with Gasteiger partial charge in [-0.25, -0.2) is 4.79 Å². The number of oxime groups is 1. The molecule has 0 atom stereocenters. The molecule has 0 heterocycles. The number of phenols is 1. The topological polar surface area (TPSA) is 62.1 Å².